The van der Waals surface area contributed by atoms with Gasteiger partial charge in [0.15, 0.2) is 0 Å². The molecule has 2 amide bonds. The van der Waals surface area contributed by atoms with Gasteiger partial charge in [-0.05, 0) is 36.6 Å². The minimum atomic E-state index is -0.645. The number of benzene rings is 2. The lowest BCUT2D eigenvalue weighted by Crippen LogP contribution is -2.57. The number of nitrogens with zero attached hydrogens (tertiary/aromatic N) is 2. The highest BCUT2D eigenvalue weighted by Crippen LogP contribution is 2.40. The largest absolute Gasteiger partial charge is 0.497 e. The molecule has 176 valence electrons. The first-order chi connectivity index (χ1) is 16.0. The van der Waals surface area contributed by atoms with Crippen molar-refractivity contribution in [1.29, 1.82) is 0 Å². The van der Waals surface area contributed by atoms with Crippen molar-refractivity contribution in [2.45, 2.75) is 31.2 Å². The molecule has 2 aromatic carbocycles. The van der Waals surface area contributed by atoms with Crippen LogP contribution >= 0.6 is 0 Å². The minimum Gasteiger partial charge on any atom is -0.497 e. The van der Waals surface area contributed by atoms with Crippen molar-refractivity contribution in [3.63, 3.8) is 0 Å². The third-order valence-electron chi connectivity index (χ3n) is 6.97. The van der Waals surface area contributed by atoms with Crippen LogP contribution < -0.4 is 9.47 Å². The molecule has 0 aromatic heterocycles. The molecule has 0 spiro atoms. The summed E-state index contributed by atoms with van der Waals surface area (Å²) in [5.41, 5.74) is 1.26. The Morgan fingerprint density at radius 3 is 2.30 bits per heavy atom. The second kappa shape index (κ2) is 9.83. The number of hydrogen-bond donors (Lipinski definition) is 0. The maximum Gasteiger partial charge on any atom is 0.233 e. The van der Waals surface area contributed by atoms with Crippen molar-refractivity contribution in [2.24, 2.45) is 0 Å². The number of ether oxygens (including phenoxy) is 3. The summed E-state index contributed by atoms with van der Waals surface area (Å²) in [7, 11) is 3.26. The Hall–Kier alpha value is -3.06. The first-order valence-corrected chi connectivity index (χ1v) is 11.4. The monoisotopic (exact) mass is 452 g/mol. The number of carbonyl (C=O) groups excluding carboxylic acids is 2. The third kappa shape index (κ3) is 4.42. The molecule has 2 aliphatic heterocycles. The summed E-state index contributed by atoms with van der Waals surface area (Å²) in [5.74, 6) is 1.58. The van der Waals surface area contributed by atoms with Crippen LogP contribution in [0.15, 0.2) is 48.5 Å². The van der Waals surface area contributed by atoms with Crippen molar-refractivity contribution >= 4 is 11.8 Å². The highest BCUT2D eigenvalue weighted by molar-refractivity contribution is 5.89. The standard InChI is InChI=1S/C26H32N2O5/c1-19(29)28-15-14-27(18-23(28)22-6-4-5-7-24(22)32-3)25(30)26(12-16-33-17-13-26)20-8-10-21(31-2)11-9-20/h4-11,23H,12-18H2,1-3H3/t23-/m0/s1. The molecule has 0 N–H and O–H groups in total. The number of amides is 2. The van der Waals surface area contributed by atoms with Gasteiger partial charge in [-0.3, -0.25) is 9.59 Å². The summed E-state index contributed by atoms with van der Waals surface area (Å²) < 4.78 is 16.5. The van der Waals surface area contributed by atoms with Crippen molar-refractivity contribution in [2.75, 3.05) is 47.1 Å². The van der Waals surface area contributed by atoms with Crippen LogP contribution in [0.25, 0.3) is 0 Å². The predicted molar refractivity (Wildman–Crippen MR) is 124 cm³/mol. The Kier molecular flexibility index (Phi) is 6.88. The molecule has 2 aliphatic rings. The molecule has 0 saturated carbocycles. The molecule has 1 atom stereocenters. The van der Waals surface area contributed by atoms with E-state index < -0.39 is 5.41 Å². The second-order valence-electron chi connectivity index (χ2n) is 8.64. The topological polar surface area (TPSA) is 68.3 Å². The summed E-state index contributed by atoms with van der Waals surface area (Å²) in [6, 6.07) is 15.3. The molecule has 7 nitrogen and oxygen atoms in total. The number of para-hydroxylation sites is 1. The van der Waals surface area contributed by atoms with Gasteiger partial charge < -0.3 is 24.0 Å². The van der Waals surface area contributed by atoms with Crippen LogP contribution in [0.2, 0.25) is 0 Å². The van der Waals surface area contributed by atoms with E-state index in [9.17, 15) is 9.59 Å². The Labute approximate surface area is 195 Å². The maximum atomic E-state index is 14.1. The van der Waals surface area contributed by atoms with Gasteiger partial charge in [-0.1, -0.05) is 30.3 Å². The summed E-state index contributed by atoms with van der Waals surface area (Å²) in [6.45, 7) is 4.08. The zero-order chi connectivity index (χ0) is 23.4. The predicted octanol–water partition coefficient (Wildman–Crippen LogP) is 3.18. The van der Waals surface area contributed by atoms with E-state index in [4.69, 9.17) is 14.2 Å². The lowest BCUT2D eigenvalue weighted by Gasteiger charge is -2.46. The van der Waals surface area contributed by atoms with Crippen molar-refractivity contribution in [3.05, 3.63) is 59.7 Å². The lowest BCUT2D eigenvalue weighted by molar-refractivity contribution is -0.148. The zero-order valence-corrected chi connectivity index (χ0v) is 19.6. The Balaban J connectivity index is 1.67. The third-order valence-corrected chi connectivity index (χ3v) is 6.97. The quantitative estimate of drug-likeness (QED) is 0.697. The van der Waals surface area contributed by atoms with Gasteiger partial charge in [0.25, 0.3) is 0 Å². The van der Waals surface area contributed by atoms with E-state index in [1.165, 1.54) is 0 Å². The van der Waals surface area contributed by atoms with Gasteiger partial charge in [-0.2, -0.15) is 0 Å². The van der Waals surface area contributed by atoms with E-state index in [0.29, 0.717) is 45.7 Å². The zero-order valence-electron chi connectivity index (χ0n) is 19.6. The number of piperazine rings is 1. The molecule has 2 fully saturated rings. The van der Waals surface area contributed by atoms with E-state index in [0.717, 1.165) is 22.6 Å². The van der Waals surface area contributed by atoms with E-state index in [1.54, 1.807) is 21.1 Å². The van der Waals surface area contributed by atoms with Gasteiger partial charge in [-0.25, -0.2) is 0 Å². The summed E-state index contributed by atoms with van der Waals surface area (Å²) in [4.78, 5) is 30.4. The van der Waals surface area contributed by atoms with E-state index >= 15 is 0 Å². The van der Waals surface area contributed by atoms with Crippen molar-refractivity contribution in [1.82, 2.24) is 9.80 Å². The molecule has 0 radical (unpaired) electrons. The summed E-state index contributed by atoms with van der Waals surface area (Å²) >= 11 is 0. The molecular weight excluding hydrogens is 420 g/mol. The molecule has 7 heteroatoms. The van der Waals surface area contributed by atoms with Crippen molar-refractivity contribution in [3.8, 4) is 11.5 Å². The average Bonchev–Trinajstić information content (AvgIpc) is 2.88. The molecule has 0 aliphatic carbocycles. The number of carbonyl (C=O) groups is 2. The summed E-state index contributed by atoms with van der Waals surface area (Å²) in [6.07, 6.45) is 1.26. The molecular formula is C26H32N2O5. The van der Waals surface area contributed by atoms with Gasteiger partial charge in [0.05, 0.1) is 25.7 Å². The highest BCUT2D eigenvalue weighted by Gasteiger charge is 2.46. The Bertz CT molecular complexity index is 984. The molecule has 0 bridgehead atoms. The molecule has 0 unspecified atom stereocenters. The van der Waals surface area contributed by atoms with Crippen LogP contribution in [0.5, 0.6) is 11.5 Å². The van der Waals surface area contributed by atoms with Crippen LogP contribution in [0.3, 0.4) is 0 Å². The molecule has 2 aromatic rings. The van der Waals surface area contributed by atoms with Crippen LogP contribution in [-0.2, 0) is 19.7 Å². The summed E-state index contributed by atoms with van der Waals surface area (Å²) in [5, 5.41) is 0. The van der Waals surface area contributed by atoms with Crippen molar-refractivity contribution < 1.29 is 23.8 Å². The fourth-order valence-electron chi connectivity index (χ4n) is 5.11. The minimum absolute atomic E-state index is 0.00561. The lowest BCUT2D eigenvalue weighted by atomic mass is 9.72. The first-order valence-electron chi connectivity index (χ1n) is 11.4. The van der Waals surface area contributed by atoms with Gasteiger partial charge in [0, 0.05) is 45.3 Å². The number of methoxy groups -OCH3 is 2. The van der Waals surface area contributed by atoms with Crippen LogP contribution in [0, 0.1) is 0 Å². The normalized spacial score (nSPS) is 20.3. The van der Waals surface area contributed by atoms with Gasteiger partial charge in [0.2, 0.25) is 11.8 Å². The first kappa shape index (κ1) is 23.1. The molecule has 2 saturated heterocycles. The van der Waals surface area contributed by atoms with E-state index in [1.807, 2.05) is 58.3 Å². The fraction of sp³-hybridized carbons (Fsp3) is 0.462. The molecule has 2 heterocycles. The average molecular weight is 453 g/mol. The van der Waals surface area contributed by atoms with Gasteiger partial charge in [0.1, 0.15) is 11.5 Å². The van der Waals surface area contributed by atoms with Crippen LogP contribution in [0.4, 0.5) is 0 Å². The number of rotatable bonds is 5. The second-order valence-corrected chi connectivity index (χ2v) is 8.64. The fourth-order valence-corrected chi connectivity index (χ4v) is 5.11. The van der Waals surface area contributed by atoms with Crippen LogP contribution in [-0.4, -0.2) is 68.7 Å². The highest BCUT2D eigenvalue weighted by atomic mass is 16.5. The maximum absolute atomic E-state index is 14.1. The van der Waals surface area contributed by atoms with Gasteiger partial charge >= 0.3 is 0 Å². The Morgan fingerprint density at radius 2 is 1.67 bits per heavy atom. The van der Waals surface area contributed by atoms with E-state index in [2.05, 4.69) is 0 Å². The Morgan fingerprint density at radius 1 is 0.970 bits per heavy atom. The SMILES string of the molecule is COc1ccc(C2(C(=O)N3CCN(C(C)=O)[C@H](c4ccccc4OC)C3)CCOCC2)cc1. The van der Waals surface area contributed by atoms with E-state index in [-0.39, 0.29) is 17.9 Å². The molecule has 4 rings (SSSR count). The smallest absolute Gasteiger partial charge is 0.233 e. The van der Waals surface area contributed by atoms with Gasteiger partial charge in [-0.15, -0.1) is 0 Å². The molecule has 33 heavy (non-hydrogen) atoms. The number of hydrogen-bond acceptors (Lipinski definition) is 5. The van der Waals surface area contributed by atoms with Crippen LogP contribution in [0.1, 0.15) is 36.9 Å².